The van der Waals surface area contributed by atoms with Gasteiger partial charge in [0.1, 0.15) is 12.1 Å². The fourth-order valence-corrected chi connectivity index (χ4v) is 7.46. The molecule has 4 rings (SSSR count). The highest BCUT2D eigenvalue weighted by atomic mass is 32.2. The van der Waals surface area contributed by atoms with Gasteiger partial charge in [0, 0.05) is 9.49 Å². The van der Waals surface area contributed by atoms with E-state index >= 15 is 0 Å². The van der Waals surface area contributed by atoms with Crippen LogP contribution in [-0.2, 0) is 28.7 Å². The minimum atomic E-state index is -0.688. The topological polar surface area (TPSA) is 93.2 Å². The zero-order valence-corrected chi connectivity index (χ0v) is 17.2. The van der Waals surface area contributed by atoms with Crippen molar-refractivity contribution >= 4 is 47.3 Å². The van der Waals surface area contributed by atoms with Crippen molar-refractivity contribution in [2.75, 3.05) is 6.79 Å². The van der Waals surface area contributed by atoms with Gasteiger partial charge in [-0.3, -0.25) is 9.59 Å². The van der Waals surface area contributed by atoms with Crippen LogP contribution in [0, 0.1) is 0 Å². The summed E-state index contributed by atoms with van der Waals surface area (Å²) in [7, 11) is 0. The SMILES string of the molecule is CC1(C)S[C@@H]2CC(=O)N2[C@H]1C(=O)OCOC(=O)[C@@H]1N2C(=O)C[C@H]2SC1(C)C. The molecule has 4 aliphatic rings. The number of hydrogen-bond donors (Lipinski definition) is 0. The summed E-state index contributed by atoms with van der Waals surface area (Å²) >= 11 is 3.15. The lowest BCUT2D eigenvalue weighted by Gasteiger charge is -2.37. The molecule has 0 spiro atoms. The van der Waals surface area contributed by atoms with E-state index in [1.807, 2.05) is 27.7 Å². The molecule has 0 N–H and O–H groups in total. The van der Waals surface area contributed by atoms with E-state index in [2.05, 4.69) is 0 Å². The molecule has 0 saturated carbocycles. The van der Waals surface area contributed by atoms with Gasteiger partial charge < -0.3 is 19.3 Å². The largest absolute Gasteiger partial charge is 0.426 e. The Morgan fingerprint density at radius 2 is 1.26 bits per heavy atom. The molecule has 10 heteroatoms. The lowest BCUT2D eigenvalue weighted by atomic mass is 9.98. The van der Waals surface area contributed by atoms with Gasteiger partial charge in [0.15, 0.2) is 0 Å². The number of carbonyl (C=O) groups excluding carboxylic acids is 4. The van der Waals surface area contributed by atoms with Gasteiger partial charge in [-0.05, 0) is 27.7 Å². The van der Waals surface area contributed by atoms with Crippen LogP contribution in [0.1, 0.15) is 40.5 Å². The molecule has 0 radical (unpaired) electrons. The maximum atomic E-state index is 12.5. The molecule has 0 unspecified atom stereocenters. The summed E-state index contributed by atoms with van der Waals surface area (Å²) in [5.41, 5.74) is 0. The number of rotatable bonds is 4. The number of amides is 2. The highest BCUT2D eigenvalue weighted by Gasteiger charge is 2.60. The van der Waals surface area contributed by atoms with Crippen molar-refractivity contribution in [1.82, 2.24) is 9.80 Å². The molecular weight excluding hydrogens is 392 g/mol. The van der Waals surface area contributed by atoms with Gasteiger partial charge in [0.05, 0.1) is 23.6 Å². The molecule has 4 atom stereocenters. The summed E-state index contributed by atoms with van der Waals surface area (Å²) in [6.07, 6.45) is 0.874. The van der Waals surface area contributed by atoms with Crippen LogP contribution in [-0.4, -0.2) is 72.7 Å². The van der Waals surface area contributed by atoms with Gasteiger partial charge in [-0.2, -0.15) is 0 Å². The normalized spacial score (nSPS) is 35.1. The second kappa shape index (κ2) is 6.04. The molecule has 4 fully saturated rings. The number of carbonyl (C=O) groups is 4. The predicted octanol–water partition coefficient (Wildman–Crippen LogP) is 0.935. The molecule has 148 valence electrons. The van der Waals surface area contributed by atoms with E-state index in [4.69, 9.17) is 9.47 Å². The molecule has 0 aromatic heterocycles. The van der Waals surface area contributed by atoms with E-state index < -0.39 is 40.3 Å². The summed E-state index contributed by atoms with van der Waals surface area (Å²) in [5.74, 6) is -1.28. The monoisotopic (exact) mass is 414 g/mol. The molecule has 4 aliphatic heterocycles. The maximum Gasteiger partial charge on any atom is 0.333 e. The number of β-lactam (4-membered cyclic amide) rings is 2. The summed E-state index contributed by atoms with van der Waals surface area (Å²) < 4.78 is 9.42. The van der Waals surface area contributed by atoms with Crippen molar-refractivity contribution in [3.8, 4) is 0 Å². The lowest BCUT2D eigenvalue weighted by molar-refractivity contribution is -0.180. The van der Waals surface area contributed by atoms with E-state index in [-0.39, 0.29) is 22.6 Å². The van der Waals surface area contributed by atoms with Crippen molar-refractivity contribution in [2.24, 2.45) is 0 Å². The van der Waals surface area contributed by atoms with Gasteiger partial charge in [0.25, 0.3) is 0 Å². The third-order valence-corrected chi connectivity index (χ3v) is 8.49. The van der Waals surface area contributed by atoms with Gasteiger partial charge in [-0.1, -0.05) is 0 Å². The predicted molar refractivity (Wildman–Crippen MR) is 98.5 cm³/mol. The molecule has 2 amide bonds. The average Bonchev–Trinajstić information content (AvgIpc) is 2.90. The van der Waals surface area contributed by atoms with Crippen LogP contribution in [0.15, 0.2) is 0 Å². The van der Waals surface area contributed by atoms with Gasteiger partial charge in [0.2, 0.25) is 18.6 Å². The maximum absolute atomic E-state index is 12.5. The standard InChI is InChI=1S/C17H22N2O6S2/c1-16(2)12(18-8(20)5-10(18)26-16)14(22)24-7-25-15(23)13-17(3,4)27-11-6-9(21)19(11)13/h10-13H,5-7H2,1-4H3/t10-,11-,12+,13+/m1/s1. The minimum absolute atomic E-state index is 0.0123. The first-order chi connectivity index (χ1) is 12.5. The zero-order chi connectivity index (χ0) is 19.7. The fourth-order valence-electron chi connectivity index (χ4n) is 4.22. The molecule has 0 aliphatic carbocycles. The number of ether oxygens (including phenoxy) is 2. The summed E-state index contributed by atoms with van der Waals surface area (Å²) in [6, 6.07) is -1.38. The zero-order valence-electron chi connectivity index (χ0n) is 15.6. The first kappa shape index (κ1) is 18.9. The molecule has 0 aromatic rings. The van der Waals surface area contributed by atoms with Crippen molar-refractivity contribution in [1.29, 1.82) is 0 Å². The Morgan fingerprint density at radius 1 is 0.889 bits per heavy atom. The molecule has 0 bridgehead atoms. The van der Waals surface area contributed by atoms with E-state index in [1.165, 1.54) is 0 Å². The number of fused-ring (bicyclic) bond motifs is 2. The van der Waals surface area contributed by atoms with Crippen LogP contribution in [0.5, 0.6) is 0 Å². The molecule has 27 heavy (non-hydrogen) atoms. The molecule has 0 aromatic carbocycles. The third kappa shape index (κ3) is 2.83. The van der Waals surface area contributed by atoms with Crippen molar-refractivity contribution in [3.63, 3.8) is 0 Å². The summed E-state index contributed by atoms with van der Waals surface area (Å²) in [5, 5.41) is 0.0246. The number of esters is 2. The van der Waals surface area contributed by atoms with Crippen molar-refractivity contribution < 1.29 is 28.7 Å². The van der Waals surface area contributed by atoms with E-state index in [1.54, 1.807) is 33.3 Å². The van der Waals surface area contributed by atoms with Crippen LogP contribution < -0.4 is 0 Å². The average molecular weight is 415 g/mol. The molecular formula is C17H22N2O6S2. The lowest BCUT2D eigenvalue weighted by Crippen LogP contribution is -2.58. The Bertz CT molecular complexity index is 679. The highest BCUT2D eigenvalue weighted by molar-refractivity contribution is 8.01. The number of hydrogen-bond acceptors (Lipinski definition) is 8. The smallest absolute Gasteiger partial charge is 0.333 e. The van der Waals surface area contributed by atoms with Crippen LogP contribution in [0.4, 0.5) is 0 Å². The molecule has 4 saturated heterocycles. The van der Waals surface area contributed by atoms with Crippen LogP contribution in [0.25, 0.3) is 0 Å². The second-order valence-electron chi connectivity index (χ2n) is 8.21. The van der Waals surface area contributed by atoms with Crippen molar-refractivity contribution in [3.05, 3.63) is 0 Å². The van der Waals surface area contributed by atoms with Gasteiger partial charge >= 0.3 is 11.9 Å². The second-order valence-corrected chi connectivity index (χ2v) is 11.9. The molecule has 4 heterocycles. The Kier molecular flexibility index (Phi) is 4.23. The van der Waals surface area contributed by atoms with Gasteiger partial charge in [-0.15, -0.1) is 23.5 Å². The summed E-state index contributed by atoms with van der Waals surface area (Å²) in [6.45, 7) is 7.07. The first-order valence-electron chi connectivity index (χ1n) is 8.84. The quantitative estimate of drug-likeness (QED) is 0.381. The van der Waals surface area contributed by atoms with Gasteiger partial charge in [-0.25, -0.2) is 9.59 Å². The van der Waals surface area contributed by atoms with E-state index in [0.717, 1.165) is 0 Å². The first-order valence-corrected chi connectivity index (χ1v) is 10.6. The number of thioether (sulfide) groups is 2. The van der Waals surface area contributed by atoms with E-state index in [9.17, 15) is 19.2 Å². The fraction of sp³-hybridized carbons (Fsp3) is 0.765. The third-order valence-electron chi connectivity index (χ3n) is 5.50. The van der Waals surface area contributed by atoms with Crippen LogP contribution in [0.3, 0.4) is 0 Å². The minimum Gasteiger partial charge on any atom is -0.426 e. The Labute approximate surface area is 165 Å². The molecule has 8 nitrogen and oxygen atoms in total. The summed E-state index contributed by atoms with van der Waals surface area (Å²) in [4.78, 5) is 51.8. The van der Waals surface area contributed by atoms with E-state index in [0.29, 0.717) is 12.8 Å². The number of nitrogens with zero attached hydrogens (tertiary/aromatic N) is 2. The Balaban J connectivity index is 1.34. The van der Waals surface area contributed by atoms with Crippen LogP contribution >= 0.6 is 23.5 Å². The Morgan fingerprint density at radius 3 is 1.59 bits per heavy atom. The highest BCUT2D eigenvalue weighted by Crippen LogP contribution is 2.52. The Hall–Kier alpha value is -1.42. The van der Waals surface area contributed by atoms with Crippen LogP contribution in [0.2, 0.25) is 0 Å². The van der Waals surface area contributed by atoms with Crippen molar-refractivity contribution in [2.45, 2.75) is 72.9 Å².